The molecule has 0 heterocycles. The van der Waals surface area contributed by atoms with Gasteiger partial charge in [0.2, 0.25) is 0 Å². The molecular formula is C14H14O6. The Morgan fingerprint density at radius 3 is 1.60 bits per heavy atom. The first kappa shape index (κ1) is 11.1. The highest BCUT2D eigenvalue weighted by atomic mass is 16.5. The van der Waals surface area contributed by atoms with Crippen molar-refractivity contribution >= 4 is 17.9 Å². The van der Waals surface area contributed by atoms with Crippen LogP contribution in [0.1, 0.15) is 0 Å². The fourth-order valence-corrected chi connectivity index (χ4v) is 7.45. The molecule has 0 radical (unpaired) electrons. The molecular weight excluding hydrogens is 264 g/mol. The highest BCUT2D eigenvalue weighted by Gasteiger charge is 3.21. The van der Waals surface area contributed by atoms with Gasteiger partial charge in [-0.2, -0.15) is 0 Å². The predicted molar refractivity (Wildman–Crippen MR) is 60.8 cm³/mol. The van der Waals surface area contributed by atoms with Gasteiger partial charge in [0, 0.05) is 0 Å². The van der Waals surface area contributed by atoms with Crippen LogP contribution in [0, 0.1) is 45.8 Å². The number of methoxy groups -OCH3 is 3. The highest BCUT2D eigenvalue weighted by molar-refractivity contribution is 6.07. The fraction of sp³-hybridized carbons (Fsp3) is 0.786. The zero-order valence-corrected chi connectivity index (χ0v) is 11.3. The van der Waals surface area contributed by atoms with Crippen LogP contribution in [0.5, 0.6) is 0 Å². The Labute approximate surface area is 114 Å². The van der Waals surface area contributed by atoms with Gasteiger partial charge in [0.25, 0.3) is 0 Å². The Hall–Kier alpha value is -1.59. The molecule has 0 amide bonds. The molecule has 106 valence electrons. The first-order valence-corrected chi connectivity index (χ1v) is 6.80. The third-order valence-corrected chi connectivity index (χ3v) is 7.38. The second-order valence-corrected chi connectivity index (χ2v) is 6.68. The molecule has 0 bridgehead atoms. The van der Waals surface area contributed by atoms with Crippen molar-refractivity contribution in [2.75, 3.05) is 21.3 Å². The summed E-state index contributed by atoms with van der Waals surface area (Å²) >= 11 is 0. The van der Waals surface area contributed by atoms with Crippen LogP contribution in [-0.2, 0) is 28.6 Å². The monoisotopic (exact) mass is 278 g/mol. The van der Waals surface area contributed by atoms with Gasteiger partial charge in [0.05, 0.1) is 37.6 Å². The van der Waals surface area contributed by atoms with E-state index in [0.29, 0.717) is 0 Å². The SMILES string of the molecule is COC(=O)C12C3C4C1C1(C(=O)OC)C2C3C41C(=O)OC. The zero-order valence-electron chi connectivity index (χ0n) is 11.3. The maximum absolute atomic E-state index is 12.3. The summed E-state index contributed by atoms with van der Waals surface area (Å²) in [5.74, 6) is -0.588. The van der Waals surface area contributed by atoms with Crippen LogP contribution < -0.4 is 0 Å². The summed E-state index contributed by atoms with van der Waals surface area (Å²) < 4.78 is 14.8. The van der Waals surface area contributed by atoms with E-state index in [0.717, 1.165) is 0 Å². The van der Waals surface area contributed by atoms with E-state index in [-0.39, 0.29) is 47.5 Å². The lowest BCUT2D eigenvalue weighted by molar-refractivity contribution is -0.658. The van der Waals surface area contributed by atoms with E-state index >= 15 is 0 Å². The first-order chi connectivity index (χ1) is 9.55. The van der Waals surface area contributed by atoms with Gasteiger partial charge in [0.15, 0.2) is 0 Å². The van der Waals surface area contributed by atoms with E-state index in [4.69, 9.17) is 14.2 Å². The molecule has 6 rings (SSSR count). The lowest BCUT2D eigenvalue weighted by Crippen LogP contribution is -3.17. The molecule has 6 saturated carbocycles. The smallest absolute Gasteiger partial charge is 0.313 e. The Morgan fingerprint density at radius 2 is 1.15 bits per heavy atom. The van der Waals surface area contributed by atoms with E-state index < -0.39 is 16.2 Å². The lowest BCUT2D eigenvalue weighted by atomic mass is 8.88. The first-order valence-electron chi connectivity index (χ1n) is 6.80. The number of hydrogen-bond acceptors (Lipinski definition) is 6. The minimum absolute atomic E-state index is 0.0750. The van der Waals surface area contributed by atoms with Gasteiger partial charge in [-0.15, -0.1) is 0 Å². The van der Waals surface area contributed by atoms with Crippen LogP contribution in [-0.4, -0.2) is 39.2 Å². The van der Waals surface area contributed by atoms with Gasteiger partial charge in [0.1, 0.15) is 0 Å². The Morgan fingerprint density at radius 1 is 0.700 bits per heavy atom. The molecule has 0 spiro atoms. The molecule has 20 heavy (non-hydrogen) atoms. The van der Waals surface area contributed by atoms with Crippen molar-refractivity contribution in [1.29, 1.82) is 0 Å². The molecule has 6 aliphatic rings. The number of esters is 3. The van der Waals surface area contributed by atoms with Crippen molar-refractivity contribution in [3.63, 3.8) is 0 Å². The molecule has 0 aromatic heterocycles. The van der Waals surface area contributed by atoms with Crippen molar-refractivity contribution in [2.45, 2.75) is 0 Å². The van der Waals surface area contributed by atoms with Crippen molar-refractivity contribution in [3.8, 4) is 0 Å². The quantitative estimate of drug-likeness (QED) is 0.517. The number of ether oxygens (including phenoxy) is 3. The summed E-state index contributed by atoms with van der Waals surface area (Å²) in [4.78, 5) is 36.6. The highest BCUT2D eigenvalue weighted by Crippen LogP contribution is 3.14. The summed E-state index contributed by atoms with van der Waals surface area (Å²) in [5.41, 5.74) is -1.98. The van der Waals surface area contributed by atoms with Gasteiger partial charge in [-0.05, 0) is 29.6 Å². The summed E-state index contributed by atoms with van der Waals surface area (Å²) in [6, 6.07) is 0. The normalized spacial score (nSPS) is 60.5. The topological polar surface area (TPSA) is 78.9 Å². The van der Waals surface area contributed by atoms with E-state index in [1.165, 1.54) is 21.3 Å². The number of hydrogen-bond donors (Lipinski definition) is 0. The molecule has 0 N–H and O–H groups in total. The van der Waals surface area contributed by atoms with Crippen molar-refractivity contribution in [1.82, 2.24) is 0 Å². The number of rotatable bonds is 3. The van der Waals surface area contributed by atoms with Crippen LogP contribution in [0.3, 0.4) is 0 Å². The third-order valence-electron chi connectivity index (χ3n) is 7.38. The number of carbonyl (C=O) groups excluding carboxylic acids is 3. The van der Waals surface area contributed by atoms with E-state index in [2.05, 4.69) is 0 Å². The Bertz CT molecular complexity index is 601. The summed E-state index contributed by atoms with van der Waals surface area (Å²) in [6.45, 7) is 0. The molecule has 6 heteroatoms. The molecule has 4 unspecified atom stereocenters. The van der Waals surface area contributed by atoms with Crippen LogP contribution >= 0.6 is 0 Å². The predicted octanol–water partition coefficient (Wildman–Crippen LogP) is -0.386. The van der Waals surface area contributed by atoms with E-state index in [1.807, 2.05) is 0 Å². The van der Waals surface area contributed by atoms with Crippen LogP contribution in [0.4, 0.5) is 0 Å². The summed E-state index contributed by atoms with van der Waals surface area (Å²) in [7, 11) is 4.07. The molecule has 6 aliphatic carbocycles. The minimum atomic E-state index is -0.798. The molecule has 4 atom stereocenters. The number of carbonyl (C=O) groups is 3. The molecule has 6 nitrogen and oxygen atoms in total. The molecule has 6 fully saturated rings. The van der Waals surface area contributed by atoms with Gasteiger partial charge < -0.3 is 14.2 Å². The van der Waals surface area contributed by atoms with Crippen molar-refractivity contribution in [2.24, 2.45) is 45.8 Å². The second-order valence-electron chi connectivity index (χ2n) is 6.68. The zero-order chi connectivity index (χ0) is 14.2. The van der Waals surface area contributed by atoms with Crippen LogP contribution in [0.25, 0.3) is 0 Å². The fourth-order valence-electron chi connectivity index (χ4n) is 7.45. The van der Waals surface area contributed by atoms with E-state index in [9.17, 15) is 14.4 Å². The second kappa shape index (κ2) is 2.49. The average molecular weight is 278 g/mol. The van der Waals surface area contributed by atoms with Crippen molar-refractivity contribution < 1.29 is 28.6 Å². The largest absolute Gasteiger partial charge is 0.469 e. The Balaban J connectivity index is 1.62. The van der Waals surface area contributed by atoms with Crippen molar-refractivity contribution in [3.05, 3.63) is 0 Å². The maximum atomic E-state index is 12.3. The average Bonchev–Trinajstić information content (AvgIpc) is 2.51. The third kappa shape index (κ3) is 0.487. The molecule has 0 aromatic carbocycles. The van der Waals surface area contributed by atoms with E-state index in [1.54, 1.807) is 0 Å². The minimum Gasteiger partial charge on any atom is -0.469 e. The van der Waals surface area contributed by atoms with Gasteiger partial charge in [-0.25, -0.2) is 0 Å². The molecule has 0 aliphatic heterocycles. The summed E-state index contributed by atoms with van der Waals surface area (Å²) in [6.07, 6.45) is 0. The molecule has 0 aromatic rings. The lowest BCUT2D eigenvalue weighted by Gasteiger charge is -3.11. The maximum Gasteiger partial charge on any atom is 0.313 e. The molecule has 0 saturated heterocycles. The van der Waals surface area contributed by atoms with Gasteiger partial charge >= 0.3 is 17.9 Å². The van der Waals surface area contributed by atoms with Gasteiger partial charge in [-0.3, -0.25) is 14.4 Å². The summed E-state index contributed by atoms with van der Waals surface area (Å²) in [5, 5.41) is 0. The standard InChI is InChI=1S/C14H14O6/c1-18-9(15)12-4-5-7(12)14(11(17)20-3)8(12)6(4)13(5,14)10(16)19-2/h4-8H,1-3H3. The van der Waals surface area contributed by atoms with Crippen LogP contribution in [0.15, 0.2) is 0 Å². The Kier molecular flexibility index (Phi) is 1.38. The van der Waals surface area contributed by atoms with Gasteiger partial charge in [-0.1, -0.05) is 0 Å². The van der Waals surface area contributed by atoms with Crippen LogP contribution in [0.2, 0.25) is 0 Å².